The summed E-state index contributed by atoms with van der Waals surface area (Å²) in [6.45, 7) is 1.52. The molecule has 20 heavy (non-hydrogen) atoms. The fourth-order valence-electron chi connectivity index (χ4n) is 2.28. The van der Waals surface area contributed by atoms with Crippen molar-refractivity contribution in [2.45, 2.75) is 44.7 Å². The second-order valence-corrected chi connectivity index (χ2v) is 5.14. The lowest BCUT2D eigenvalue weighted by Gasteiger charge is -2.26. The monoisotopic (exact) mass is 279 g/mol. The minimum absolute atomic E-state index is 0.0363. The Kier molecular flexibility index (Phi) is 4.37. The maximum absolute atomic E-state index is 13.5. The van der Waals surface area contributed by atoms with Crippen molar-refractivity contribution in [2.24, 2.45) is 0 Å². The first kappa shape index (κ1) is 14.5. The van der Waals surface area contributed by atoms with Crippen LogP contribution in [0.3, 0.4) is 0 Å². The molecule has 1 atom stereocenters. The van der Waals surface area contributed by atoms with Gasteiger partial charge in [-0.3, -0.25) is 4.79 Å². The summed E-state index contributed by atoms with van der Waals surface area (Å²) in [7, 11) is 0. The van der Waals surface area contributed by atoms with Gasteiger partial charge in [-0.25, -0.2) is 9.18 Å². The van der Waals surface area contributed by atoms with Crippen LogP contribution in [-0.2, 0) is 16.0 Å². The van der Waals surface area contributed by atoms with E-state index in [9.17, 15) is 14.0 Å². The molecule has 4 nitrogen and oxygen atoms in total. The first-order valence-electron chi connectivity index (χ1n) is 6.78. The maximum atomic E-state index is 13.5. The zero-order valence-corrected chi connectivity index (χ0v) is 11.4. The number of carboxylic acid groups (broad SMARTS) is 1. The zero-order chi connectivity index (χ0) is 14.7. The minimum atomic E-state index is -1.00. The molecule has 1 aromatic rings. The number of amides is 1. The molecular weight excluding hydrogens is 261 g/mol. The van der Waals surface area contributed by atoms with Crippen molar-refractivity contribution >= 4 is 11.9 Å². The normalized spacial score (nSPS) is 15.7. The van der Waals surface area contributed by atoms with Crippen LogP contribution in [0.2, 0.25) is 0 Å². The third kappa shape index (κ3) is 3.35. The van der Waals surface area contributed by atoms with Crippen LogP contribution in [-0.4, -0.2) is 34.0 Å². The fraction of sp³-hybridized carbons (Fsp3) is 0.467. The molecule has 0 radical (unpaired) electrons. The van der Waals surface area contributed by atoms with Gasteiger partial charge in [-0.2, -0.15) is 0 Å². The van der Waals surface area contributed by atoms with E-state index < -0.39 is 12.0 Å². The van der Waals surface area contributed by atoms with Gasteiger partial charge in [-0.05, 0) is 37.8 Å². The number of benzene rings is 1. The largest absolute Gasteiger partial charge is 0.480 e. The van der Waals surface area contributed by atoms with Crippen LogP contribution in [0.15, 0.2) is 24.3 Å². The van der Waals surface area contributed by atoms with Gasteiger partial charge in [0, 0.05) is 12.5 Å². The molecule has 1 amide bonds. The number of rotatable bonds is 6. The van der Waals surface area contributed by atoms with Gasteiger partial charge in [0.2, 0.25) is 5.91 Å². The predicted octanol–water partition coefficient (Wildman–Crippen LogP) is 2.22. The van der Waals surface area contributed by atoms with E-state index in [1.165, 1.54) is 17.9 Å². The molecule has 0 aliphatic heterocycles. The first-order valence-corrected chi connectivity index (χ1v) is 6.78. The molecule has 0 heterocycles. The molecule has 1 aliphatic rings. The van der Waals surface area contributed by atoms with Crippen molar-refractivity contribution in [1.29, 1.82) is 0 Å². The summed E-state index contributed by atoms with van der Waals surface area (Å²) in [5, 5.41) is 9.05. The van der Waals surface area contributed by atoms with Gasteiger partial charge in [0.15, 0.2) is 0 Å². The smallest absolute Gasteiger partial charge is 0.326 e. The minimum Gasteiger partial charge on any atom is -0.480 e. The summed E-state index contributed by atoms with van der Waals surface area (Å²) in [6, 6.07) is 5.54. The Labute approximate surface area is 117 Å². The SMILES string of the molecule is CC(C(=O)O)N(C(=O)CCc1ccccc1F)C1CC1. The number of hydrogen-bond donors (Lipinski definition) is 1. The van der Waals surface area contributed by atoms with E-state index in [2.05, 4.69) is 0 Å². The Balaban J connectivity index is 1.99. The fourth-order valence-corrected chi connectivity index (χ4v) is 2.28. The number of halogens is 1. The van der Waals surface area contributed by atoms with Crippen molar-refractivity contribution in [3.63, 3.8) is 0 Å². The molecule has 5 heteroatoms. The van der Waals surface area contributed by atoms with Crippen LogP contribution in [0.25, 0.3) is 0 Å². The lowest BCUT2D eigenvalue weighted by Crippen LogP contribution is -2.44. The quantitative estimate of drug-likeness (QED) is 0.868. The molecule has 0 spiro atoms. The Morgan fingerprint density at radius 2 is 2.05 bits per heavy atom. The van der Waals surface area contributed by atoms with Gasteiger partial charge >= 0.3 is 5.97 Å². The molecule has 0 saturated heterocycles. The first-order chi connectivity index (χ1) is 9.50. The number of carboxylic acids is 1. The standard InChI is InChI=1S/C15H18FNO3/c1-10(15(19)20)17(12-7-8-12)14(18)9-6-11-4-2-3-5-13(11)16/h2-5,10,12H,6-9H2,1H3,(H,19,20). The number of aryl methyl sites for hydroxylation is 1. The van der Waals surface area contributed by atoms with Gasteiger partial charge in [-0.15, -0.1) is 0 Å². The van der Waals surface area contributed by atoms with Gasteiger partial charge in [0.05, 0.1) is 0 Å². The van der Waals surface area contributed by atoms with E-state index in [0.717, 1.165) is 12.8 Å². The molecule has 0 aromatic heterocycles. The summed E-state index contributed by atoms with van der Waals surface area (Å²) in [5.41, 5.74) is 0.486. The summed E-state index contributed by atoms with van der Waals surface area (Å²) >= 11 is 0. The second-order valence-electron chi connectivity index (χ2n) is 5.14. The predicted molar refractivity (Wildman–Crippen MR) is 71.7 cm³/mol. The second kappa shape index (κ2) is 6.03. The third-order valence-electron chi connectivity index (χ3n) is 3.57. The molecular formula is C15H18FNO3. The highest BCUT2D eigenvalue weighted by Gasteiger charge is 2.37. The van der Waals surface area contributed by atoms with E-state index in [1.54, 1.807) is 18.2 Å². The van der Waals surface area contributed by atoms with E-state index in [-0.39, 0.29) is 24.2 Å². The van der Waals surface area contributed by atoms with E-state index >= 15 is 0 Å². The number of hydrogen-bond acceptors (Lipinski definition) is 2. The lowest BCUT2D eigenvalue weighted by atomic mass is 10.1. The van der Waals surface area contributed by atoms with Crippen LogP contribution >= 0.6 is 0 Å². The van der Waals surface area contributed by atoms with Gasteiger partial charge in [-0.1, -0.05) is 18.2 Å². The van der Waals surface area contributed by atoms with Crippen LogP contribution in [0, 0.1) is 5.82 Å². The van der Waals surface area contributed by atoms with Gasteiger partial charge in [0.25, 0.3) is 0 Å². The molecule has 108 valence electrons. The lowest BCUT2D eigenvalue weighted by molar-refractivity contribution is -0.150. The molecule has 1 fully saturated rings. The van der Waals surface area contributed by atoms with Gasteiger partial charge in [0.1, 0.15) is 11.9 Å². The van der Waals surface area contributed by atoms with E-state index in [1.807, 2.05) is 0 Å². The van der Waals surface area contributed by atoms with Crippen molar-refractivity contribution in [3.8, 4) is 0 Å². The topological polar surface area (TPSA) is 57.6 Å². The Morgan fingerprint density at radius 1 is 1.40 bits per heavy atom. The molecule has 1 aliphatic carbocycles. The third-order valence-corrected chi connectivity index (χ3v) is 3.57. The molecule has 1 saturated carbocycles. The molecule has 1 aromatic carbocycles. The average molecular weight is 279 g/mol. The number of carbonyl (C=O) groups excluding carboxylic acids is 1. The summed E-state index contributed by atoms with van der Waals surface area (Å²) in [6.07, 6.45) is 2.13. The molecule has 0 bridgehead atoms. The van der Waals surface area contributed by atoms with E-state index in [4.69, 9.17) is 5.11 Å². The van der Waals surface area contributed by atoms with Crippen molar-refractivity contribution in [3.05, 3.63) is 35.6 Å². The molecule has 2 rings (SSSR count). The van der Waals surface area contributed by atoms with Crippen LogP contribution < -0.4 is 0 Å². The van der Waals surface area contributed by atoms with E-state index in [0.29, 0.717) is 12.0 Å². The number of aliphatic carboxylic acids is 1. The Bertz CT molecular complexity index is 514. The van der Waals surface area contributed by atoms with Crippen molar-refractivity contribution < 1.29 is 19.1 Å². The van der Waals surface area contributed by atoms with Gasteiger partial charge < -0.3 is 10.0 Å². The highest BCUT2D eigenvalue weighted by molar-refractivity contribution is 5.84. The van der Waals surface area contributed by atoms with Crippen LogP contribution in [0.5, 0.6) is 0 Å². The number of nitrogens with zero attached hydrogens (tertiary/aromatic N) is 1. The zero-order valence-electron chi connectivity index (χ0n) is 11.4. The summed E-state index contributed by atoms with van der Waals surface area (Å²) < 4.78 is 13.5. The average Bonchev–Trinajstić information content (AvgIpc) is 3.22. The molecule has 1 unspecified atom stereocenters. The number of carbonyl (C=O) groups is 2. The Morgan fingerprint density at radius 3 is 2.60 bits per heavy atom. The summed E-state index contributed by atoms with van der Waals surface area (Å²) in [4.78, 5) is 24.7. The Hall–Kier alpha value is -1.91. The van der Waals surface area contributed by atoms with Crippen LogP contribution in [0.1, 0.15) is 31.7 Å². The van der Waals surface area contributed by atoms with Crippen LogP contribution in [0.4, 0.5) is 4.39 Å². The summed E-state index contributed by atoms with van der Waals surface area (Å²) in [5.74, 6) is -1.55. The maximum Gasteiger partial charge on any atom is 0.326 e. The highest BCUT2D eigenvalue weighted by atomic mass is 19.1. The van der Waals surface area contributed by atoms with Crippen molar-refractivity contribution in [2.75, 3.05) is 0 Å². The molecule has 1 N–H and O–H groups in total. The highest BCUT2D eigenvalue weighted by Crippen LogP contribution is 2.29. The van der Waals surface area contributed by atoms with Crippen molar-refractivity contribution in [1.82, 2.24) is 4.90 Å².